The number of nitrogens with one attached hydrogen (secondary N) is 2. The highest BCUT2D eigenvalue weighted by atomic mass is 16.5. The van der Waals surface area contributed by atoms with Gasteiger partial charge in [0.25, 0.3) is 5.91 Å². The van der Waals surface area contributed by atoms with Crippen LogP contribution in [0.5, 0.6) is 0 Å². The molecule has 0 spiro atoms. The monoisotopic (exact) mass is 388 g/mol. The van der Waals surface area contributed by atoms with Gasteiger partial charge in [0.15, 0.2) is 0 Å². The minimum atomic E-state index is -0.892. The lowest BCUT2D eigenvalue weighted by atomic mass is 9.87. The lowest BCUT2D eigenvalue weighted by Gasteiger charge is -2.27. The number of ether oxygens (including phenoxy) is 2. The first-order valence-electron chi connectivity index (χ1n) is 10.1. The van der Waals surface area contributed by atoms with Crippen molar-refractivity contribution in [2.24, 2.45) is 11.8 Å². The van der Waals surface area contributed by atoms with Crippen LogP contribution >= 0.6 is 0 Å². The van der Waals surface area contributed by atoms with Crippen LogP contribution < -0.4 is 10.6 Å². The van der Waals surface area contributed by atoms with Crippen LogP contribution in [0.25, 0.3) is 0 Å². The fourth-order valence-electron chi connectivity index (χ4n) is 4.23. The molecule has 0 aromatic rings. The standard InChI is InChI=1S/C22H32N2O4/c1-7-14(11(2)3)20(19-13(5)28-18-9-15(18)19)22(26)23-10-16-17(27-6)8-12(4)24-21(16)25/h9,11-12,15,22-23,26H,7-8,10H2,1-6H3,(H,24,25)/b20-14+/t12-,15+,22?/m0/s1. The van der Waals surface area contributed by atoms with Gasteiger partial charge in [-0.1, -0.05) is 26.3 Å². The number of fused-ring (bicyclic) bond motifs is 1. The molecule has 3 aliphatic rings. The van der Waals surface area contributed by atoms with Gasteiger partial charge in [0, 0.05) is 30.2 Å². The van der Waals surface area contributed by atoms with Crippen molar-refractivity contribution in [2.45, 2.75) is 59.7 Å². The van der Waals surface area contributed by atoms with E-state index >= 15 is 0 Å². The second-order valence-corrected chi connectivity index (χ2v) is 8.03. The quantitative estimate of drug-likeness (QED) is 0.557. The number of carbonyl (C=O) groups excluding carboxylic acids is 1. The van der Waals surface area contributed by atoms with Crippen LogP contribution in [0.3, 0.4) is 0 Å². The smallest absolute Gasteiger partial charge is 0.252 e. The lowest BCUT2D eigenvalue weighted by Crippen LogP contribution is -2.43. The molecule has 154 valence electrons. The summed E-state index contributed by atoms with van der Waals surface area (Å²) in [5, 5.41) is 17.2. The molecule has 3 rings (SSSR count). The van der Waals surface area contributed by atoms with E-state index in [2.05, 4.69) is 37.5 Å². The zero-order chi connectivity index (χ0) is 20.6. The average molecular weight is 389 g/mol. The third-order valence-electron chi connectivity index (χ3n) is 5.68. The minimum Gasteiger partial charge on any atom is -0.500 e. The molecule has 0 saturated carbocycles. The maximum Gasteiger partial charge on any atom is 0.252 e. The van der Waals surface area contributed by atoms with Gasteiger partial charge in [-0.25, -0.2) is 0 Å². The fraction of sp³-hybridized carbons (Fsp3) is 0.591. The number of rotatable bonds is 8. The molecule has 3 N–H and O–H groups in total. The molecule has 1 unspecified atom stereocenters. The van der Waals surface area contributed by atoms with Gasteiger partial charge in [0.1, 0.15) is 23.5 Å². The van der Waals surface area contributed by atoms with E-state index in [1.54, 1.807) is 7.11 Å². The number of aliphatic hydroxyl groups is 1. The fourth-order valence-corrected chi connectivity index (χ4v) is 4.23. The Balaban J connectivity index is 1.86. The summed E-state index contributed by atoms with van der Waals surface area (Å²) in [6, 6.07) is 0.0435. The molecule has 3 atom stereocenters. The van der Waals surface area contributed by atoms with Crippen molar-refractivity contribution in [3.05, 3.63) is 45.6 Å². The van der Waals surface area contributed by atoms with E-state index in [0.717, 1.165) is 29.1 Å². The molecular formula is C22H32N2O4. The Morgan fingerprint density at radius 3 is 2.71 bits per heavy atom. The molecule has 6 heteroatoms. The van der Waals surface area contributed by atoms with Crippen molar-refractivity contribution in [3.63, 3.8) is 0 Å². The summed E-state index contributed by atoms with van der Waals surface area (Å²) in [6.07, 6.45) is 2.67. The summed E-state index contributed by atoms with van der Waals surface area (Å²) in [5.74, 6) is 2.83. The van der Waals surface area contributed by atoms with Crippen molar-refractivity contribution < 1.29 is 19.4 Å². The first-order valence-corrected chi connectivity index (χ1v) is 10.1. The van der Waals surface area contributed by atoms with Crippen LogP contribution in [0.1, 0.15) is 47.5 Å². The van der Waals surface area contributed by atoms with Gasteiger partial charge in [-0.2, -0.15) is 0 Å². The maximum absolute atomic E-state index is 12.4. The van der Waals surface area contributed by atoms with Crippen LogP contribution in [0, 0.1) is 11.8 Å². The SMILES string of the molecule is CC/C(=C(/C1=C(C)OC2=C[C@H]21)C(O)NCC1=C(OC)C[C@H](C)NC1=O)C(C)C. The highest BCUT2D eigenvalue weighted by molar-refractivity contribution is 5.95. The van der Waals surface area contributed by atoms with Gasteiger partial charge in [-0.05, 0) is 32.3 Å². The van der Waals surface area contributed by atoms with Gasteiger partial charge < -0.3 is 19.9 Å². The molecule has 0 fully saturated rings. The Hall–Kier alpha value is -2.05. The number of aliphatic hydroxyl groups excluding tert-OH is 1. The molecule has 28 heavy (non-hydrogen) atoms. The number of allylic oxidation sites excluding steroid dienone is 4. The van der Waals surface area contributed by atoms with Crippen LogP contribution in [0.15, 0.2) is 45.6 Å². The van der Waals surface area contributed by atoms with Crippen molar-refractivity contribution in [3.8, 4) is 0 Å². The van der Waals surface area contributed by atoms with Gasteiger partial charge in [-0.15, -0.1) is 0 Å². The highest BCUT2D eigenvalue weighted by Gasteiger charge is 2.43. The highest BCUT2D eigenvalue weighted by Crippen LogP contribution is 2.50. The molecule has 1 amide bonds. The van der Waals surface area contributed by atoms with Gasteiger partial charge >= 0.3 is 0 Å². The Morgan fingerprint density at radius 1 is 1.46 bits per heavy atom. The molecule has 0 bridgehead atoms. The Morgan fingerprint density at radius 2 is 2.18 bits per heavy atom. The van der Waals surface area contributed by atoms with E-state index in [0.29, 0.717) is 23.7 Å². The van der Waals surface area contributed by atoms with E-state index in [9.17, 15) is 9.90 Å². The number of methoxy groups -OCH3 is 1. The molecule has 6 nitrogen and oxygen atoms in total. The minimum absolute atomic E-state index is 0.0435. The molecule has 0 aromatic heterocycles. The number of carbonyl (C=O) groups is 1. The summed E-state index contributed by atoms with van der Waals surface area (Å²) in [4.78, 5) is 12.4. The molecule has 2 aliphatic heterocycles. The molecule has 0 saturated heterocycles. The van der Waals surface area contributed by atoms with E-state index in [-0.39, 0.29) is 24.4 Å². The second-order valence-electron chi connectivity index (χ2n) is 8.03. The topological polar surface area (TPSA) is 79.8 Å². The molecule has 0 aromatic carbocycles. The first-order chi connectivity index (χ1) is 13.3. The maximum atomic E-state index is 12.4. The Kier molecular flexibility index (Phi) is 6.01. The van der Waals surface area contributed by atoms with Crippen molar-refractivity contribution >= 4 is 5.91 Å². The number of hydrogen-bond acceptors (Lipinski definition) is 5. The lowest BCUT2D eigenvalue weighted by molar-refractivity contribution is -0.119. The number of amides is 1. The predicted octanol–water partition coefficient (Wildman–Crippen LogP) is 2.88. The third kappa shape index (κ3) is 3.89. The molecule has 0 radical (unpaired) electrons. The summed E-state index contributed by atoms with van der Waals surface area (Å²) < 4.78 is 11.2. The summed E-state index contributed by atoms with van der Waals surface area (Å²) in [7, 11) is 1.58. The largest absolute Gasteiger partial charge is 0.500 e. The summed E-state index contributed by atoms with van der Waals surface area (Å²) >= 11 is 0. The summed E-state index contributed by atoms with van der Waals surface area (Å²) in [6.45, 7) is 10.5. The van der Waals surface area contributed by atoms with E-state index in [1.807, 2.05) is 13.8 Å². The Bertz CT molecular complexity index is 788. The molecular weight excluding hydrogens is 356 g/mol. The Labute approximate surface area is 167 Å². The zero-order valence-corrected chi connectivity index (χ0v) is 17.7. The van der Waals surface area contributed by atoms with Gasteiger partial charge in [-0.3, -0.25) is 10.1 Å². The van der Waals surface area contributed by atoms with Gasteiger partial charge in [0.2, 0.25) is 0 Å². The van der Waals surface area contributed by atoms with E-state index in [1.165, 1.54) is 5.57 Å². The second kappa shape index (κ2) is 8.13. The molecule has 2 heterocycles. The van der Waals surface area contributed by atoms with Crippen LogP contribution in [-0.4, -0.2) is 36.9 Å². The van der Waals surface area contributed by atoms with Crippen LogP contribution in [-0.2, 0) is 14.3 Å². The molecule has 1 aliphatic carbocycles. The predicted molar refractivity (Wildman–Crippen MR) is 108 cm³/mol. The zero-order valence-electron chi connectivity index (χ0n) is 17.7. The van der Waals surface area contributed by atoms with E-state index < -0.39 is 6.23 Å². The van der Waals surface area contributed by atoms with Crippen molar-refractivity contribution in [2.75, 3.05) is 13.7 Å². The van der Waals surface area contributed by atoms with Crippen LogP contribution in [0.2, 0.25) is 0 Å². The normalized spacial score (nSPS) is 25.9. The first kappa shape index (κ1) is 20.7. The number of hydrogen-bond donors (Lipinski definition) is 3. The van der Waals surface area contributed by atoms with Crippen molar-refractivity contribution in [1.82, 2.24) is 10.6 Å². The average Bonchev–Trinajstić information content (AvgIpc) is 3.30. The van der Waals surface area contributed by atoms with Crippen molar-refractivity contribution in [1.29, 1.82) is 0 Å². The summed E-state index contributed by atoms with van der Waals surface area (Å²) in [5.41, 5.74) is 3.69. The van der Waals surface area contributed by atoms with E-state index in [4.69, 9.17) is 9.47 Å². The third-order valence-corrected chi connectivity index (χ3v) is 5.68. The van der Waals surface area contributed by atoms with Crippen LogP contribution in [0.4, 0.5) is 0 Å². The van der Waals surface area contributed by atoms with Gasteiger partial charge in [0.05, 0.1) is 18.6 Å².